The summed E-state index contributed by atoms with van der Waals surface area (Å²) in [6.45, 7) is 3.37. The molecule has 0 aliphatic carbocycles. The molecule has 0 aromatic heterocycles. The second-order valence-electron chi connectivity index (χ2n) is 4.36. The Morgan fingerprint density at radius 1 is 1.41 bits per heavy atom. The number of hydrogen-bond acceptors (Lipinski definition) is 3. The molecule has 1 unspecified atom stereocenters. The Labute approximate surface area is 101 Å². The van der Waals surface area contributed by atoms with Crippen LogP contribution in [-0.4, -0.2) is 42.2 Å². The molecule has 92 valence electrons. The molecule has 17 heavy (non-hydrogen) atoms. The van der Waals surface area contributed by atoms with E-state index >= 15 is 0 Å². The van der Waals surface area contributed by atoms with Crippen LogP contribution in [-0.2, 0) is 4.79 Å². The van der Waals surface area contributed by atoms with Crippen molar-refractivity contribution in [1.82, 2.24) is 10.2 Å². The highest BCUT2D eigenvalue weighted by Crippen LogP contribution is 2.16. The standard InChI is InChI=1S/C13H18N2O2/c16-13(17)6-8-15-9-7-14-12(10-15)11-4-2-1-3-5-11/h1-5,12,14H,6-10H2,(H,16,17). The van der Waals surface area contributed by atoms with Gasteiger partial charge in [0.1, 0.15) is 0 Å². The lowest BCUT2D eigenvalue weighted by atomic mass is 10.0. The number of nitrogens with zero attached hydrogens (tertiary/aromatic N) is 1. The van der Waals surface area contributed by atoms with Crippen LogP contribution in [0.15, 0.2) is 30.3 Å². The van der Waals surface area contributed by atoms with Crippen molar-refractivity contribution in [2.75, 3.05) is 26.2 Å². The lowest BCUT2D eigenvalue weighted by Crippen LogP contribution is -2.46. The summed E-state index contributed by atoms with van der Waals surface area (Å²) >= 11 is 0. The van der Waals surface area contributed by atoms with Gasteiger partial charge in [0.2, 0.25) is 0 Å². The summed E-state index contributed by atoms with van der Waals surface area (Å²) in [7, 11) is 0. The zero-order valence-electron chi connectivity index (χ0n) is 9.80. The second-order valence-corrected chi connectivity index (χ2v) is 4.36. The summed E-state index contributed by atoms with van der Waals surface area (Å²) in [5, 5.41) is 12.1. The third kappa shape index (κ3) is 3.54. The molecule has 0 radical (unpaired) electrons. The van der Waals surface area contributed by atoms with Gasteiger partial charge in [-0.1, -0.05) is 30.3 Å². The van der Waals surface area contributed by atoms with Crippen LogP contribution < -0.4 is 5.32 Å². The van der Waals surface area contributed by atoms with Gasteiger partial charge in [-0.05, 0) is 5.56 Å². The minimum absolute atomic E-state index is 0.224. The zero-order valence-corrected chi connectivity index (χ0v) is 9.80. The van der Waals surface area contributed by atoms with Crippen LogP contribution in [0, 0.1) is 0 Å². The quantitative estimate of drug-likeness (QED) is 0.819. The van der Waals surface area contributed by atoms with Crippen LogP contribution in [0.1, 0.15) is 18.0 Å². The highest BCUT2D eigenvalue weighted by atomic mass is 16.4. The first-order valence-corrected chi connectivity index (χ1v) is 5.98. The van der Waals surface area contributed by atoms with Crippen LogP contribution in [0.3, 0.4) is 0 Å². The topological polar surface area (TPSA) is 52.6 Å². The monoisotopic (exact) mass is 234 g/mol. The lowest BCUT2D eigenvalue weighted by molar-refractivity contribution is -0.137. The van der Waals surface area contributed by atoms with E-state index in [2.05, 4.69) is 22.3 Å². The van der Waals surface area contributed by atoms with E-state index in [0.717, 1.165) is 19.6 Å². The predicted molar refractivity (Wildman–Crippen MR) is 65.9 cm³/mol. The van der Waals surface area contributed by atoms with Crippen molar-refractivity contribution >= 4 is 5.97 Å². The van der Waals surface area contributed by atoms with Crippen LogP contribution >= 0.6 is 0 Å². The number of nitrogens with one attached hydrogen (secondary N) is 1. The Kier molecular flexibility index (Phi) is 4.12. The van der Waals surface area contributed by atoms with Crippen molar-refractivity contribution < 1.29 is 9.90 Å². The van der Waals surface area contributed by atoms with Crippen molar-refractivity contribution in [2.45, 2.75) is 12.5 Å². The zero-order chi connectivity index (χ0) is 12.1. The van der Waals surface area contributed by atoms with E-state index in [-0.39, 0.29) is 6.42 Å². The van der Waals surface area contributed by atoms with Crippen LogP contribution in [0.5, 0.6) is 0 Å². The Balaban J connectivity index is 1.91. The largest absolute Gasteiger partial charge is 0.481 e. The number of carbonyl (C=O) groups is 1. The Hall–Kier alpha value is -1.39. The maximum Gasteiger partial charge on any atom is 0.304 e. The fourth-order valence-electron chi connectivity index (χ4n) is 2.18. The molecule has 1 aromatic rings. The highest BCUT2D eigenvalue weighted by molar-refractivity contribution is 5.66. The second kappa shape index (κ2) is 5.80. The molecule has 4 heteroatoms. The fourth-order valence-corrected chi connectivity index (χ4v) is 2.18. The average Bonchev–Trinajstić information content (AvgIpc) is 2.38. The minimum atomic E-state index is -0.722. The summed E-state index contributed by atoms with van der Waals surface area (Å²) in [6.07, 6.45) is 0.224. The fraction of sp³-hybridized carbons (Fsp3) is 0.462. The first kappa shape index (κ1) is 12.1. The molecule has 4 nitrogen and oxygen atoms in total. The Morgan fingerprint density at radius 3 is 2.88 bits per heavy atom. The normalized spacial score (nSPS) is 21.3. The first-order chi connectivity index (χ1) is 8.25. The summed E-state index contributed by atoms with van der Waals surface area (Å²) in [6, 6.07) is 10.6. The summed E-state index contributed by atoms with van der Waals surface area (Å²) in [5.74, 6) is -0.722. The number of carboxylic acids is 1. The molecule has 0 amide bonds. The van der Waals surface area contributed by atoms with E-state index in [1.54, 1.807) is 0 Å². The highest BCUT2D eigenvalue weighted by Gasteiger charge is 2.20. The minimum Gasteiger partial charge on any atom is -0.481 e. The van der Waals surface area contributed by atoms with Gasteiger partial charge in [0.05, 0.1) is 6.42 Å². The van der Waals surface area contributed by atoms with Gasteiger partial charge in [-0.25, -0.2) is 0 Å². The summed E-state index contributed by atoms with van der Waals surface area (Å²) < 4.78 is 0. The average molecular weight is 234 g/mol. The van der Waals surface area contributed by atoms with E-state index in [1.807, 2.05) is 18.2 Å². The smallest absolute Gasteiger partial charge is 0.304 e. The molecule has 0 spiro atoms. The molecule has 1 aliphatic rings. The molecule has 1 saturated heterocycles. The maximum absolute atomic E-state index is 10.6. The van der Waals surface area contributed by atoms with E-state index in [0.29, 0.717) is 12.6 Å². The molecule has 0 saturated carbocycles. The van der Waals surface area contributed by atoms with Gasteiger partial charge in [-0.2, -0.15) is 0 Å². The van der Waals surface area contributed by atoms with Crippen molar-refractivity contribution in [1.29, 1.82) is 0 Å². The van der Waals surface area contributed by atoms with Crippen molar-refractivity contribution in [3.05, 3.63) is 35.9 Å². The summed E-state index contributed by atoms with van der Waals surface area (Å²) in [5.41, 5.74) is 1.27. The van der Waals surface area contributed by atoms with Gasteiger partial charge in [-0.3, -0.25) is 9.69 Å². The van der Waals surface area contributed by atoms with Gasteiger partial charge in [0.25, 0.3) is 0 Å². The molecule has 1 fully saturated rings. The van der Waals surface area contributed by atoms with E-state index in [9.17, 15) is 4.79 Å². The van der Waals surface area contributed by atoms with Crippen LogP contribution in [0.25, 0.3) is 0 Å². The van der Waals surface area contributed by atoms with Crippen molar-refractivity contribution in [3.63, 3.8) is 0 Å². The Morgan fingerprint density at radius 2 is 2.18 bits per heavy atom. The lowest BCUT2D eigenvalue weighted by Gasteiger charge is -2.33. The SMILES string of the molecule is O=C(O)CCN1CCNC(c2ccccc2)C1. The molecule has 1 aromatic carbocycles. The predicted octanol–water partition coefficient (Wildman–Crippen LogP) is 1.11. The molecule has 1 heterocycles. The maximum atomic E-state index is 10.6. The van der Waals surface area contributed by atoms with Crippen LogP contribution in [0.4, 0.5) is 0 Å². The molecule has 1 aliphatic heterocycles. The van der Waals surface area contributed by atoms with Gasteiger partial charge in [0, 0.05) is 32.2 Å². The molecule has 1 atom stereocenters. The van der Waals surface area contributed by atoms with E-state index < -0.39 is 5.97 Å². The van der Waals surface area contributed by atoms with Gasteiger partial charge < -0.3 is 10.4 Å². The first-order valence-electron chi connectivity index (χ1n) is 5.98. The van der Waals surface area contributed by atoms with Crippen molar-refractivity contribution in [2.24, 2.45) is 0 Å². The molecule has 2 rings (SSSR count). The number of piperazine rings is 1. The third-order valence-electron chi connectivity index (χ3n) is 3.10. The van der Waals surface area contributed by atoms with Gasteiger partial charge in [-0.15, -0.1) is 0 Å². The number of hydrogen-bond donors (Lipinski definition) is 2. The number of rotatable bonds is 4. The molecule has 0 bridgehead atoms. The third-order valence-corrected chi connectivity index (χ3v) is 3.10. The number of aliphatic carboxylic acids is 1. The molecular weight excluding hydrogens is 216 g/mol. The number of benzene rings is 1. The van der Waals surface area contributed by atoms with Crippen LogP contribution in [0.2, 0.25) is 0 Å². The van der Waals surface area contributed by atoms with E-state index in [4.69, 9.17) is 5.11 Å². The molecule has 2 N–H and O–H groups in total. The Bertz CT molecular complexity index is 367. The van der Waals surface area contributed by atoms with Gasteiger partial charge in [0.15, 0.2) is 0 Å². The van der Waals surface area contributed by atoms with Crippen molar-refractivity contribution in [3.8, 4) is 0 Å². The van der Waals surface area contributed by atoms with E-state index in [1.165, 1.54) is 5.56 Å². The molecular formula is C13H18N2O2. The number of carboxylic acid groups (broad SMARTS) is 1. The van der Waals surface area contributed by atoms with Gasteiger partial charge >= 0.3 is 5.97 Å². The summed E-state index contributed by atoms with van der Waals surface area (Å²) in [4.78, 5) is 12.8.